The first kappa shape index (κ1) is 18.9. The van der Waals surface area contributed by atoms with Crippen LogP contribution in [-0.2, 0) is 10.0 Å². The van der Waals surface area contributed by atoms with Crippen LogP contribution in [0.1, 0.15) is 19.3 Å². The first-order chi connectivity index (χ1) is 9.42. The molecule has 1 aliphatic rings. The summed E-state index contributed by atoms with van der Waals surface area (Å²) in [5, 5.41) is 2.59. The fourth-order valence-electron chi connectivity index (χ4n) is 2.16. The number of benzene rings is 1. The zero-order valence-corrected chi connectivity index (χ0v) is 14.2. The van der Waals surface area contributed by atoms with E-state index in [-0.39, 0.29) is 28.9 Å². The van der Waals surface area contributed by atoms with Gasteiger partial charge in [-0.15, -0.1) is 12.4 Å². The van der Waals surface area contributed by atoms with Crippen molar-refractivity contribution in [3.8, 4) is 0 Å². The molecule has 0 unspecified atom stereocenters. The first-order valence-electron chi connectivity index (χ1n) is 6.28. The van der Waals surface area contributed by atoms with Crippen molar-refractivity contribution in [3.63, 3.8) is 0 Å². The van der Waals surface area contributed by atoms with Crippen LogP contribution in [-0.4, -0.2) is 27.5 Å². The fraction of sp³-hybridized carbons (Fsp3) is 0.500. The predicted octanol–water partition coefficient (Wildman–Crippen LogP) is 2.97. The Hall–Kier alpha value is -0.110. The molecule has 0 saturated carbocycles. The predicted molar refractivity (Wildman–Crippen MR) is 84.5 cm³/mol. The van der Waals surface area contributed by atoms with Crippen LogP contribution >= 0.6 is 35.6 Å². The van der Waals surface area contributed by atoms with Gasteiger partial charge in [0.05, 0.1) is 10.0 Å². The molecule has 1 aromatic carbocycles. The minimum Gasteiger partial charge on any atom is -0.314 e. The van der Waals surface area contributed by atoms with Crippen molar-refractivity contribution in [3.05, 3.63) is 28.0 Å². The highest BCUT2D eigenvalue weighted by Gasteiger charge is 2.22. The molecule has 4 nitrogen and oxygen atoms in total. The first-order valence-corrected chi connectivity index (χ1v) is 8.52. The maximum absolute atomic E-state index is 13.5. The second kappa shape index (κ2) is 7.94. The van der Waals surface area contributed by atoms with Gasteiger partial charge in [0.2, 0.25) is 10.0 Å². The summed E-state index contributed by atoms with van der Waals surface area (Å²) in [7, 11) is -3.83. The van der Waals surface area contributed by atoms with Gasteiger partial charge in [-0.3, -0.25) is 0 Å². The molecule has 21 heavy (non-hydrogen) atoms. The van der Waals surface area contributed by atoms with Gasteiger partial charge >= 0.3 is 0 Å². The fourth-order valence-corrected chi connectivity index (χ4v) is 3.95. The summed E-state index contributed by atoms with van der Waals surface area (Å²) in [4.78, 5) is -0.291. The van der Waals surface area contributed by atoms with Crippen LogP contribution in [0.4, 0.5) is 4.39 Å². The molecule has 1 aliphatic heterocycles. The van der Waals surface area contributed by atoms with Crippen LogP contribution in [0.2, 0.25) is 10.0 Å². The molecule has 0 radical (unpaired) electrons. The van der Waals surface area contributed by atoms with Crippen molar-refractivity contribution in [2.45, 2.75) is 30.2 Å². The van der Waals surface area contributed by atoms with Crippen LogP contribution in [0.5, 0.6) is 0 Å². The van der Waals surface area contributed by atoms with Crippen LogP contribution in [0.15, 0.2) is 17.0 Å². The number of halogens is 4. The largest absolute Gasteiger partial charge is 0.314 e. The molecule has 0 amide bonds. The van der Waals surface area contributed by atoms with Gasteiger partial charge in [-0.05, 0) is 37.9 Å². The Morgan fingerprint density at radius 3 is 2.71 bits per heavy atom. The average Bonchev–Trinajstić information content (AvgIpc) is 2.88. The standard InChI is InChI=1S/C12H15Cl2FN2O2S.ClH/c13-9-3-4-10(11(14)12(9)15)20(18,19)17-7-5-8-2-1-6-16-8;/h3-4,8,16-17H,1-2,5-7H2;1H/t8-;/m1./s1. The molecule has 1 fully saturated rings. The second-order valence-electron chi connectivity index (χ2n) is 4.65. The van der Waals surface area contributed by atoms with Gasteiger partial charge in [0, 0.05) is 12.6 Å². The molecule has 120 valence electrons. The van der Waals surface area contributed by atoms with Gasteiger partial charge in [0.25, 0.3) is 0 Å². The maximum Gasteiger partial charge on any atom is 0.242 e. The Kier molecular flexibility index (Phi) is 7.16. The molecule has 0 bridgehead atoms. The van der Waals surface area contributed by atoms with E-state index in [9.17, 15) is 12.8 Å². The summed E-state index contributed by atoms with van der Waals surface area (Å²) in [6, 6.07) is 2.70. The third-order valence-electron chi connectivity index (χ3n) is 3.24. The minimum atomic E-state index is -3.83. The highest BCUT2D eigenvalue weighted by Crippen LogP contribution is 2.29. The summed E-state index contributed by atoms with van der Waals surface area (Å²) >= 11 is 11.2. The highest BCUT2D eigenvalue weighted by atomic mass is 35.5. The van der Waals surface area contributed by atoms with Crippen molar-refractivity contribution in [2.24, 2.45) is 0 Å². The zero-order chi connectivity index (χ0) is 14.8. The van der Waals surface area contributed by atoms with Gasteiger partial charge in [-0.25, -0.2) is 17.5 Å². The third-order valence-corrected chi connectivity index (χ3v) is 5.51. The lowest BCUT2D eigenvalue weighted by molar-refractivity contribution is 0.539. The van der Waals surface area contributed by atoms with E-state index >= 15 is 0 Å². The lowest BCUT2D eigenvalue weighted by atomic mass is 10.2. The molecule has 2 N–H and O–H groups in total. The molecule has 2 rings (SSSR count). The van der Waals surface area contributed by atoms with Crippen molar-refractivity contribution < 1.29 is 12.8 Å². The molecular weight excluding hydrogens is 362 g/mol. The van der Waals surface area contributed by atoms with Crippen LogP contribution < -0.4 is 10.0 Å². The Morgan fingerprint density at radius 1 is 1.38 bits per heavy atom. The van der Waals surface area contributed by atoms with E-state index in [0.29, 0.717) is 12.5 Å². The van der Waals surface area contributed by atoms with E-state index in [1.807, 2.05) is 0 Å². The van der Waals surface area contributed by atoms with Crippen LogP contribution in [0.3, 0.4) is 0 Å². The Bertz CT molecular complexity index is 592. The molecule has 0 aromatic heterocycles. The van der Waals surface area contributed by atoms with Crippen molar-refractivity contribution in [1.82, 2.24) is 10.0 Å². The quantitative estimate of drug-likeness (QED) is 0.776. The van der Waals surface area contributed by atoms with E-state index in [1.54, 1.807) is 0 Å². The summed E-state index contributed by atoms with van der Waals surface area (Å²) in [6.07, 6.45) is 2.83. The molecule has 1 heterocycles. The normalized spacial score (nSPS) is 18.5. The average molecular weight is 378 g/mol. The SMILES string of the molecule is Cl.O=S(=O)(NCC[C@H]1CCCN1)c1ccc(Cl)c(F)c1Cl. The molecule has 0 spiro atoms. The second-order valence-corrected chi connectivity index (χ2v) is 7.17. The van der Waals surface area contributed by atoms with E-state index in [1.165, 1.54) is 12.1 Å². The molecule has 1 atom stereocenters. The summed E-state index contributed by atoms with van der Waals surface area (Å²) in [6.45, 7) is 1.24. The highest BCUT2D eigenvalue weighted by molar-refractivity contribution is 7.89. The Balaban J connectivity index is 0.00000220. The minimum absolute atomic E-state index is 0. The van der Waals surface area contributed by atoms with Gasteiger partial charge in [0.1, 0.15) is 4.90 Å². The Labute approximate surface area is 139 Å². The third kappa shape index (κ3) is 4.68. The van der Waals surface area contributed by atoms with E-state index in [2.05, 4.69) is 10.0 Å². The smallest absolute Gasteiger partial charge is 0.242 e. The van der Waals surface area contributed by atoms with E-state index in [0.717, 1.165) is 19.4 Å². The number of hydrogen-bond acceptors (Lipinski definition) is 3. The lowest BCUT2D eigenvalue weighted by Crippen LogP contribution is -2.30. The number of hydrogen-bond donors (Lipinski definition) is 2. The molecule has 0 aliphatic carbocycles. The summed E-state index contributed by atoms with van der Waals surface area (Å²) in [5.74, 6) is -0.923. The van der Waals surface area contributed by atoms with Crippen molar-refractivity contribution in [1.29, 1.82) is 0 Å². The number of rotatable bonds is 5. The van der Waals surface area contributed by atoms with Crippen molar-refractivity contribution >= 4 is 45.6 Å². The topological polar surface area (TPSA) is 58.2 Å². The summed E-state index contributed by atoms with van der Waals surface area (Å²) in [5.41, 5.74) is 0. The van der Waals surface area contributed by atoms with Crippen LogP contribution in [0.25, 0.3) is 0 Å². The lowest BCUT2D eigenvalue weighted by Gasteiger charge is -2.12. The molecule has 1 saturated heterocycles. The number of nitrogens with one attached hydrogen (secondary N) is 2. The van der Waals surface area contributed by atoms with Crippen molar-refractivity contribution in [2.75, 3.05) is 13.1 Å². The summed E-state index contributed by atoms with van der Waals surface area (Å²) < 4.78 is 40.1. The zero-order valence-electron chi connectivity index (χ0n) is 11.0. The molecule has 1 aromatic rings. The maximum atomic E-state index is 13.5. The van der Waals surface area contributed by atoms with E-state index in [4.69, 9.17) is 23.2 Å². The van der Waals surface area contributed by atoms with E-state index < -0.39 is 20.9 Å². The Morgan fingerprint density at radius 2 is 2.10 bits per heavy atom. The monoisotopic (exact) mass is 376 g/mol. The van der Waals surface area contributed by atoms with Gasteiger partial charge in [0.15, 0.2) is 5.82 Å². The van der Waals surface area contributed by atoms with Gasteiger partial charge in [-0.1, -0.05) is 23.2 Å². The van der Waals surface area contributed by atoms with Gasteiger partial charge in [-0.2, -0.15) is 0 Å². The number of sulfonamides is 1. The van der Waals surface area contributed by atoms with Gasteiger partial charge < -0.3 is 5.32 Å². The molecule has 9 heteroatoms. The van der Waals surface area contributed by atoms with Crippen LogP contribution in [0, 0.1) is 5.82 Å². The molecular formula is C12H16Cl3FN2O2S.